The fraction of sp³-hybridized carbons (Fsp3) is 0.176. The number of nitriles is 1. The van der Waals surface area contributed by atoms with E-state index in [4.69, 9.17) is 14.7 Å². The Bertz CT molecular complexity index is 844. The van der Waals surface area contributed by atoms with Gasteiger partial charge >= 0.3 is 0 Å². The van der Waals surface area contributed by atoms with Crippen molar-refractivity contribution in [2.75, 3.05) is 12.4 Å². The van der Waals surface area contributed by atoms with Crippen LogP contribution in [0.2, 0.25) is 0 Å². The molecule has 0 bridgehead atoms. The van der Waals surface area contributed by atoms with Gasteiger partial charge in [0.15, 0.2) is 17.6 Å². The highest BCUT2D eigenvalue weighted by atomic mass is 16.6. The molecule has 0 radical (unpaired) electrons. The quantitative estimate of drug-likeness (QED) is 0.638. The largest absolute Gasteiger partial charge is 0.493 e. The number of nitro benzene ring substituents is 1. The number of methoxy groups -OCH3 is 1. The Labute approximate surface area is 143 Å². The molecule has 1 N–H and O–H groups in total. The third-order valence-corrected chi connectivity index (χ3v) is 3.29. The third kappa shape index (κ3) is 4.45. The topological polar surface area (TPSA) is 114 Å². The fourth-order valence-corrected chi connectivity index (χ4v) is 2.03. The summed E-state index contributed by atoms with van der Waals surface area (Å²) in [5.41, 5.74) is 0.683. The molecule has 2 aromatic rings. The minimum atomic E-state index is -0.943. The summed E-state index contributed by atoms with van der Waals surface area (Å²) in [6.07, 6.45) is -0.943. The highest BCUT2D eigenvalue weighted by molar-refractivity contribution is 5.94. The molecule has 0 aromatic heterocycles. The number of carbonyl (C=O) groups excluding carboxylic acids is 1. The molecule has 1 atom stereocenters. The first-order valence-electron chi connectivity index (χ1n) is 7.24. The summed E-state index contributed by atoms with van der Waals surface area (Å²) in [6, 6.07) is 12.3. The van der Waals surface area contributed by atoms with Crippen LogP contribution in [0.1, 0.15) is 12.5 Å². The standard InChI is InChI=1S/C17H15N3O5/c1-11(17(21)19-13-5-3-4-12(8-13)10-18)25-16-9-14(20(22)23)6-7-15(16)24-2/h3-9,11H,1-2H3,(H,19,21). The molecule has 1 unspecified atom stereocenters. The molecular formula is C17H15N3O5. The second-order valence-electron chi connectivity index (χ2n) is 5.03. The lowest BCUT2D eigenvalue weighted by Crippen LogP contribution is -2.30. The average molecular weight is 341 g/mol. The number of hydrogen-bond acceptors (Lipinski definition) is 6. The van der Waals surface area contributed by atoms with Crippen LogP contribution in [0.15, 0.2) is 42.5 Å². The van der Waals surface area contributed by atoms with Crippen LogP contribution in [0.25, 0.3) is 0 Å². The van der Waals surface area contributed by atoms with Crippen molar-refractivity contribution < 1.29 is 19.2 Å². The van der Waals surface area contributed by atoms with Crippen molar-refractivity contribution in [3.63, 3.8) is 0 Å². The molecular weight excluding hydrogens is 326 g/mol. The Hall–Kier alpha value is -3.60. The lowest BCUT2D eigenvalue weighted by atomic mass is 10.2. The molecule has 0 fully saturated rings. The highest BCUT2D eigenvalue weighted by Gasteiger charge is 2.19. The van der Waals surface area contributed by atoms with E-state index in [1.54, 1.807) is 18.2 Å². The van der Waals surface area contributed by atoms with Gasteiger partial charge in [0.25, 0.3) is 11.6 Å². The summed E-state index contributed by atoms with van der Waals surface area (Å²) in [6.45, 7) is 1.50. The maximum atomic E-state index is 12.2. The van der Waals surface area contributed by atoms with E-state index < -0.39 is 16.9 Å². The van der Waals surface area contributed by atoms with Gasteiger partial charge < -0.3 is 14.8 Å². The van der Waals surface area contributed by atoms with E-state index in [9.17, 15) is 14.9 Å². The van der Waals surface area contributed by atoms with Crippen molar-refractivity contribution in [2.45, 2.75) is 13.0 Å². The molecule has 8 nitrogen and oxygen atoms in total. The van der Waals surface area contributed by atoms with Crippen LogP contribution in [-0.2, 0) is 4.79 Å². The number of ether oxygens (including phenoxy) is 2. The van der Waals surface area contributed by atoms with Crippen LogP contribution in [0.4, 0.5) is 11.4 Å². The molecule has 0 aliphatic carbocycles. The minimum absolute atomic E-state index is 0.0881. The van der Waals surface area contributed by atoms with Crippen LogP contribution in [0.3, 0.4) is 0 Å². The fourth-order valence-electron chi connectivity index (χ4n) is 2.03. The van der Waals surface area contributed by atoms with Crippen LogP contribution in [0.5, 0.6) is 11.5 Å². The van der Waals surface area contributed by atoms with Crippen molar-refractivity contribution in [3.05, 3.63) is 58.1 Å². The van der Waals surface area contributed by atoms with Gasteiger partial charge in [0.1, 0.15) is 0 Å². The molecule has 2 rings (SSSR count). The van der Waals surface area contributed by atoms with Gasteiger partial charge in [-0.15, -0.1) is 0 Å². The maximum Gasteiger partial charge on any atom is 0.273 e. The Balaban J connectivity index is 2.14. The normalized spacial score (nSPS) is 11.1. The third-order valence-electron chi connectivity index (χ3n) is 3.29. The van der Waals surface area contributed by atoms with Gasteiger partial charge in [-0.1, -0.05) is 6.07 Å². The number of nitrogens with one attached hydrogen (secondary N) is 1. The van der Waals surface area contributed by atoms with Gasteiger partial charge in [0, 0.05) is 11.8 Å². The first-order chi connectivity index (χ1) is 11.9. The number of amides is 1. The molecule has 0 aliphatic heterocycles. The molecule has 0 saturated carbocycles. The molecule has 0 heterocycles. The van der Waals surface area contributed by atoms with Gasteiger partial charge in [-0.2, -0.15) is 5.26 Å². The Morgan fingerprint density at radius 3 is 2.68 bits per heavy atom. The van der Waals surface area contributed by atoms with Gasteiger partial charge in [-0.3, -0.25) is 14.9 Å². The number of nitrogens with zero attached hydrogens (tertiary/aromatic N) is 2. The Kier molecular flexibility index (Phi) is 5.53. The zero-order chi connectivity index (χ0) is 18.4. The molecule has 2 aromatic carbocycles. The number of rotatable bonds is 6. The molecule has 1 amide bonds. The van der Waals surface area contributed by atoms with Crippen molar-refractivity contribution >= 4 is 17.3 Å². The van der Waals surface area contributed by atoms with Crippen LogP contribution >= 0.6 is 0 Å². The highest BCUT2D eigenvalue weighted by Crippen LogP contribution is 2.32. The SMILES string of the molecule is COc1ccc([N+](=O)[O-])cc1OC(C)C(=O)Nc1cccc(C#N)c1. The average Bonchev–Trinajstić information content (AvgIpc) is 2.61. The summed E-state index contributed by atoms with van der Waals surface area (Å²) in [4.78, 5) is 22.6. The van der Waals surface area contributed by atoms with Gasteiger partial charge in [-0.25, -0.2) is 0 Å². The predicted octanol–water partition coefficient (Wildman–Crippen LogP) is 2.88. The van der Waals surface area contributed by atoms with Gasteiger partial charge in [-0.05, 0) is 31.2 Å². The summed E-state index contributed by atoms with van der Waals surface area (Å²) in [7, 11) is 1.39. The molecule has 128 valence electrons. The summed E-state index contributed by atoms with van der Waals surface area (Å²) < 4.78 is 10.6. The summed E-state index contributed by atoms with van der Waals surface area (Å²) in [5.74, 6) is -0.106. The second-order valence-corrected chi connectivity index (χ2v) is 5.03. The van der Waals surface area contributed by atoms with E-state index in [1.165, 1.54) is 38.3 Å². The number of benzene rings is 2. The predicted molar refractivity (Wildman–Crippen MR) is 89.5 cm³/mol. The number of nitro groups is 1. The van der Waals surface area contributed by atoms with E-state index in [0.717, 1.165) is 0 Å². The number of anilines is 1. The smallest absolute Gasteiger partial charge is 0.273 e. The van der Waals surface area contributed by atoms with Crippen molar-refractivity contribution in [2.24, 2.45) is 0 Å². The van der Waals surface area contributed by atoms with Crippen LogP contribution in [0, 0.1) is 21.4 Å². The van der Waals surface area contributed by atoms with Crippen LogP contribution < -0.4 is 14.8 Å². The van der Waals surface area contributed by atoms with E-state index in [-0.39, 0.29) is 17.2 Å². The van der Waals surface area contributed by atoms with E-state index in [1.807, 2.05) is 6.07 Å². The molecule has 0 saturated heterocycles. The zero-order valence-electron chi connectivity index (χ0n) is 13.6. The monoisotopic (exact) mass is 341 g/mol. The van der Waals surface area contributed by atoms with Crippen molar-refractivity contribution in [3.8, 4) is 17.6 Å². The zero-order valence-corrected chi connectivity index (χ0v) is 13.6. The number of hydrogen-bond donors (Lipinski definition) is 1. The molecule has 0 aliphatic rings. The van der Waals surface area contributed by atoms with Crippen LogP contribution in [-0.4, -0.2) is 24.0 Å². The lowest BCUT2D eigenvalue weighted by molar-refractivity contribution is -0.385. The maximum absolute atomic E-state index is 12.2. The van der Waals surface area contributed by atoms with E-state index in [2.05, 4.69) is 5.32 Å². The summed E-state index contributed by atoms with van der Waals surface area (Å²) >= 11 is 0. The molecule has 0 spiro atoms. The van der Waals surface area contributed by atoms with Gasteiger partial charge in [0.2, 0.25) is 0 Å². The number of non-ortho nitro benzene ring substituents is 1. The number of carbonyl (C=O) groups is 1. The van der Waals surface area contributed by atoms with Crippen molar-refractivity contribution in [1.29, 1.82) is 5.26 Å². The van der Waals surface area contributed by atoms with E-state index >= 15 is 0 Å². The second kappa shape index (κ2) is 7.79. The summed E-state index contributed by atoms with van der Waals surface area (Å²) in [5, 5.41) is 22.4. The Morgan fingerprint density at radius 2 is 2.04 bits per heavy atom. The van der Waals surface area contributed by atoms with E-state index in [0.29, 0.717) is 11.3 Å². The molecule has 8 heteroatoms. The first-order valence-corrected chi connectivity index (χ1v) is 7.24. The van der Waals surface area contributed by atoms with Gasteiger partial charge in [0.05, 0.1) is 29.7 Å². The minimum Gasteiger partial charge on any atom is -0.493 e. The Morgan fingerprint density at radius 1 is 1.28 bits per heavy atom. The van der Waals surface area contributed by atoms with Crippen molar-refractivity contribution in [1.82, 2.24) is 0 Å². The lowest BCUT2D eigenvalue weighted by Gasteiger charge is -2.16. The first kappa shape index (κ1) is 17.7. The molecule has 25 heavy (non-hydrogen) atoms.